The Hall–Kier alpha value is -3.42. The van der Waals surface area contributed by atoms with Crippen LogP contribution in [-0.2, 0) is 0 Å². The summed E-state index contributed by atoms with van der Waals surface area (Å²) >= 11 is 0. The number of halogens is 1. The summed E-state index contributed by atoms with van der Waals surface area (Å²) in [5.74, 6) is -1.67. The van der Waals surface area contributed by atoms with Gasteiger partial charge in [0.05, 0.1) is 17.5 Å². The van der Waals surface area contributed by atoms with E-state index in [-0.39, 0.29) is 23.0 Å². The molecule has 0 spiro atoms. The van der Waals surface area contributed by atoms with Crippen LogP contribution in [0.25, 0.3) is 0 Å². The molecule has 1 aromatic carbocycles. The number of piperidine rings is 1. The Bertz CT molecular complexity index is 1040. The lowest BCUT2D eigenvalue weighted by Gasteiger charge is -2.32. The molecule has 4 rings (SSSR count). The van der Waals surface area contributed by atoms with Gasteiger partial charge in [0.25, 0.3) is 5.91 Å². The smallest absolute Gasteiger partial charge is 0.253 e. The maximum atomic E-state index is 13.8. The molecule has 2 aliphatic heterocycles. The van der Waals surface area contributed by atoms with E-state index in [9.17, 15) is 19.1 Å². The lowest BCUT2D eigenvalue weighted by Crippen LogP contribution is -2.38. The van der Waals surface area contributed by atoms with Crippen molar-refractivity contribution >= 4 is 24.6 Å². The summed E-state index contributed by atoms with van der Waals surface area (Å²) in [5.41, 5.74) is 1.92. The number of benzene rings is 1. The lowest BCUT2D eigenvalue weighted by molar-refractivity contribution is -0.494. The van der Waals surface area contributed by atoms with E-state index in [1.165, 1.54) is 6.07 Å². The Kier molecular flexibility index (Phi) is 5.39. The van der Waals surface area contributed by atoms with E-state index in [2.05, 4.69) is 16.2 Å². The molecule has 1 fully saturated rings. The number of pyridine rings is 1. The van der Waals surface area contributed by atoms with Crippen LogP contribution in [0.4, 0.5) is 4.39 Å². The van der Waals surface area contributed by atoms with Crippen LogP contribution in [0.5, 0.6) is 5.75 Å². The van der Waals surface area contributed by atoms with Gasteiger partial charge in [-0.1, -0.05) is 10.8 Å². The fourth-order valence-electron chi connectivity index (χ4n) is 3.93. The van der Waals surface area contributed by atoms with Crippen molar-refractivity contribution in [3.8, 4) is 5.75 Å². The molecule has 30 heavy (non-hydrogen) atoms. The van der Waals surface area contributed by atoms with Crippen molar-refractivity contribution in [1.29, 1.82) is 0 Å². The number of carbonyl (C=O) groups is 2. The van der Waals surface area contributed by atoms with Gasteiger partial charge in [0.15, 0.2) is 31.1 Å². The standard InChI is InChI=1S/C22H21FN4O3/c1-26-12-18(11-25-26)20-3-2-15(10-24-20)14-4-6-27(7-5-14)22(30)16-8-17(13-28)21(29)19(23)9-16/h2-3,8-14,18H,4-7H2,1H3/p+1. The van der Waals surface area contributed by atoms with Gasteiger partial charge in [0, 0.05) is 24.8 Å². The van der Waals surface area contributed by atoms with Gasteiger partial charge < -0.3 is 10.0 Å². The average molecular weight is 409 g/mol. The molecule has 0 radical (unpaired) electrons. The van der Waals surface area contributed by atoms with E-state index in [4.69, 9.17) is 0 Å². The van der Waals surface area contributed by atoms with Crippen LogP contribution in [0.1, 0.15) is 56.7 Å². The zero-order valence-corrected chi connectivity index (χ0v) is 16.5. The summed E-state index contributed by atoms with van der Waals surface area (Å²) in [5, 5.41) is 13.7. The highest BCUT2D eigenvalue weighted by Crippen LogP contribution is 2.30. The van der Waals surface area contributed by atoms with Crippen molar-refractivity contribution in [2.45, 2.75) is 24.7 Å². The van der Waals surface area contributed by atoms with Gasteiger partial charge in [-0.15, -0.1) is 0 Å². The molecule has 1 atom stereocenters. The van der Waals surface area contributed by atoms with E-state index in [0.717, 1.165) is 30.2 Å². The second-order valence-electron chi connectivity index (χ2n) is 7.61. The van der Waals surface area contributed by atoms with Crippen molar-refractivity contribution in [2.24, 2.45) is 5.10 Å². The number of likely N-dealkylation sites (tertiary alicyclic amines) is 1. The molecule has 0 saturated carbocycles. The summed E-state index contributed by atoms with van der Waals surface area (Å²) in [6.45, 7) is 1.05. The Morgan fingerprint density at radius 1 is 1.30 bits per heavy atom. The topological polar surface area (TPSA) is 85.9 Å². The van der Waals surface area contributed by atoms with E-state index < -0.39 is 11.6 Å². The number of amides is 1. The third-order valence-electron chi connectivity index (χ3n) is 5.66. The Balaban J connectivity index is 1.40. The monoisotopic (exact) mass is 409 g/mol. The van der Waals surface area contributed by atoms with Gasteiger partial charge in [0.1, 0.15) is 5.92 Å². The first-order valence-electron chi connectivity index (χ1n) is 9.81. The summed E-state index contributed by atoms with van der Waals surface area (Å²) in [6, 6.07) is 6.29. The summed E-state index contributed by atoms with van der Waals surface area (Å²) in [7, 11) is 1.88. The molecule has 1 amide bonds. The molecular formula is C22H22FN4O3+. The Labute approximate surface area is 173 Å². The number of aldehydes is 1. The minimum absolute atomic E-state index is 0.0660. The molecule has 2 aromatic rings. The summed E-state index contributed by atoms with van der Waals surface area (Å²) < 4.78 is 15.6. The van der Waals surface area contributed by atoms with Crippen LogP contribution >= 0.6 is 0 Å². The van der Waals surface area contributed by atoms with Crippen LogP contribution in [0.2, 0.25) is 0 Å². The minimum Gasteiger partial charge on any atom is -0.504 e. The third kappa shape index (κ3) is 3.85. The first-order valence-corrected chi connectivity index (χ1v) is 9.81. The fraction of sp³-hybridized carbons (Fsp3) is 0.318. The van der Waals surface area contributed by atoms with E-state index >= 15 is 0 Å². The number of hydrogen-bond donors (Lipinski definition) is 1. The fourth-order valence-corrected chi connectivity index (χ4v) is 3.93. The molecule has 0 aliphatic carbocycles. The van der Waals surface area contributed by atoms with Crippen LogP contribution < -0.4 is 0 Å². The lowest BCUT2D eigenvalue weighted by atomic mass is 9.89. The van der Waals surface area contributed by atoms with Crippen molar-refractivity contribution in [3.63, 3.8) is 0 Å². The first kappa shape index (κ1) is 19.9. The summed E-state index contributed by atoms with van der Waals surface area (Å²) in [6.07, 6.45) is 7.62. The van der Waals surface area contributed by atoms with Gasteiger partial charge in [-0.2, -0.15) is 0 Å². The molecule has 154 valence electrons. The highest BCUT2D eigenvalue weighted by atomic mass is 19.1. The number of aromatic hydroxyl groups is 1. The number of rotatable bonds is 4. The Morgan fingerprint density at radius 3 is 2.67 bits per heavy atom. The number of hydrazone groups is 1. The number of nitrogens with zero attached hydrogens (tertiary/aromatic N) is 4. The van der Waals surface area contributed by atoms with E-state index in [1.54, 1.807) is 9.58 Å². The van der Waals surface area contributed by atoms with Gasteiger partial charge in [0.2, 0.25) is 0 Å². The molecule has 7 nitrogen and oxygen atoms in total. The third-order valence-corrected chi connectivity index (χ3v) is 5.66. The number of phenols is 1. The van der Waals surface area contributed by atoms with Crippen LogP contribution in [-0.4, -0.2) is 64.4 Å². The quantitative estimate of drug-likeness (QED) is 0.621. The number of aromatic nitrogens is 1. The number of phenolic OH excluding ortho intramolecular Hbond substituents is 1. The molecule has 0 bridgehead atoms. The van der Waals surface area contributed by atoms with E-state index in [0.29, 0.717) is 25.3 Å². The molecule has 1 saturated heterocycles. The molecule has 1 N–H and O–H groups in total. The zero-order valence-electron chi connectivity index (χ0n) is 16.5. The number of hydrogen-bond acceptors (Lipinski definition) is 5. The highest BCUT2D eigenvalue weighted by Gasteiger charge is 2.26. The maximum Gasteiger partial charge on any atom is 0.253 e. The second-order valence-corrected chi connectivity index (χ2v) is 7.61. The van der Waals surface area contributed by atoms with Crippen LogP contribution in [0.15, 0.2) is 35.6 Å². The van der Waals surface area contributed by atoms with Crippen molar-refractivity contribution in [1.82, 2.24) is 9.88 Å². The van der Waals surface area contributed by atoms with Gasteiger partial charge in [-0.3, -0.25) is 14.6 Å². The van der Waals surface area contributed by atoms with Crippen molar-refractivity contribution in [2.75, 3.05) is 20.1 Å². The van der Waals surface area contributed by atoms with Gasteiger partial charge in [-0.05, 0) is 47.6 Å². The SMILES string of the molecule is C[N+]1=CC(c2ccc(C3CCN(C(=O)c4cc(F)c(O)c(C=O)c4)CC3)cn2)C=N1. The average Bonchev–Trinajstić information content (AvgIpc) is 3.21. The van der Waals surface area contributed by atoms with Crippen molar-refractivity contribution < 1.29 is 23.8 Å². The first-order chi connectivity index (χ1) is 14.5. The maximum absolute atomic E-state index is 13.8. The number of carbonyl (C=O) groups excluding carboxylic acids is 2. The molecule has 3 heterocycles. The molecule has 8 heteroatoms. The van der Waals surface area contributed by atoms with Gasteiger partial charge in [-0.25, -0.2) is 4.39 Å². The van der Waals surface area contributed by atoms with Crippen molar-refractivity contribution in [3.05, 3.63) is 58.7 Å². The molecular weight excluding hydrogens is 387 g/mol. The second kappa shape index (κ2) is 8.14. The van der Waals surface area contributed by atoms with E-state index in [1.807, 2.05) is 31.7 Å². The van der Waals surface area contributed by atoms with Crippen LogP contribution in [0.3, 0.4) is 0 Å². The zero-order chi connectivity index (χ0) is 21.3. The normalized spacial score (nSPS) is 19.1. The summed E-state index contributed by atoms with van der Waals surface area (Å²) in [4.78, 5) is 29.9. The molecule has 1 unspecified atom stereocenters. The highest BCUT2D eigenvalue weighted by molar-refractivity contribution is 5.96. The largest absolute Gasteiger partial charge is 0.504 e. The molecule has 1 aromatic heterocycles. The predicted molar refractivity (Wildman–Crippen MR) is 109 cm³/mol. The van der Waals surface area contributed by atoms with Gasteiger partial charge >= 0.3 is 0 Å². The molecule has 2 aliphatic rings. The predicted octanol–water partition coefficient (Wildman–Crippen LogP) is 2.55. The Morgan fingerprint density at radius 2 is 2.07 bits per heavy atom. The minimum atomic E-state index is -0.972. The van der Waals surface area contributed by atoms with Crippen LogP contribution in [0, 0.1) is 5.82 Å².